The molecule has 35 heavy (non-hydrogen) atoms. The summed E-state index contributed by atoms with van der Waals surface area (Å²) in [5.41, 5.74) is 3.28. The zero-order chi connectivity index (χ0) is 25.0. The first-order valence-corrected chi connectivity index (χ1v) is 11.3. The largest absolute Gasteiger partial charge is 0.523 e. The third kappa shape index (κ3) is 6.57. The van der Waals surface area contributed by atoms with Gasteiger partial charge in [-0.05, 0) is 61.2 Å². The fraction of sp³-hybridized carbons (Fsp3) is 0.308. The minimum absolute atomic E-state index is 0.122. The number of pyridine rings is 1. The minimum atomic E-state index is -4.68. The van der Waals surface area contributed by atoms with Crippen LogP contribution in [-0.2, 0) is 22.5 Å². The van der Waals surface area contributed by atoms with Crippen molar-refractivity contribution < 1.29 is 27.1 Å². The van der Waals surface area contributed by atoms with E-state index < -0.39 is 12.5 Å². The summed E-state index contributed by atoms with van der Waals surface area (Å²) in [7, 11) is 0. The molecule has 0 radical (unpaired) electrons. The Hall–Kier alpha value is -3.46. The second kappa shape index (κ2) is 10.4. The van der Waals surface area contributed by atoms with Gasteiger partial charge in [-0.1, -0.05) is 30.4 Å². The average Bonchev–Trinajstić information content (AvgIpc) is 3.16. The van der Waals surface area contributed by atoms with Crippen LogP contribution in [0.1, 0.15) is 37.1 Å². The normalized spacial score (nSPS) is 16.8. The van der Waals surface area contributed by atoms with E-state index in [1.54, 1.807) is 30.5 Å². The lowest BCUT2D eigenvalue weighted by molar-refractivity contribution is -0.336. The van der Waals surface area contributed by atoms with E-state index in [4.69, 9.17) is 0 Å². The number of rotatable bonds is 8. The monoisotopic (exact) mass is 487 g/mol. The summed E-state index contributed by atoms with van der Waals surface area (Å²) in [6.07, 6.45) is 1.54. The maximum atomic E-state index is 13.1. The topological polar surface area (TPSA) is 56.2 Å². The third-order valence-electron chi connectivity index (χ3n) is 5.86. The molecule has 2 atom stereocenters. The molecule has 1 N–H and O–H groups in total. The molecule has 2 heterocycles. The Kier molecular flexibility index (Phi) is 7.35. The van der Waals surface area contributed by atoms with Crippen LogP contribution in [0.15, 0.2) is 72.5 Å². The van der Waals surface area contributed by atoms with E-state index in [-0.39, 0.29) is 30.6 Å². The number of alkyl halides is 3. The fourth-order valence-corrected chi connectivity index (χ4v) is 4.12. The van der Waals surface area contributed by atoms with Gasteiger partial charge in [-0.15, -0.1) is 13.2 Å². The summed E-state index contributed by atoms with van der Waals surface area (Å²) in [6.45, 7) is 2.25. The molecule has 0 aliphatic heterocycles. The van der Waals surface area contributed by atoms with Gasteiger partial charge in [-0.3, -0.25) is 9.53 Å². The van der Waals surface area contributed by atoms with Gasteiger partial charge in [0, 0.05) is 30.2 Å². The van der Waals surface area contributed by atoms with E-state index in [0.29, 0.717) is 13.0 Å². The number of fused-ring (bicyclic) bond motifs is 1. The lowest BCUT2D eigenvalue weighted by Crippen LogP contribution is -2.27. The predicted molar refractivity (Wildman–Crippen MR) is 124 cm³/mol. The van der Waals surface area contributed by atoms with Crippen molar-refractivity contribution in [2.24, 2.45) is 0 Å². The van der Waals surface area contributed by atoms with Crippen molar-refractivity contribution >= 4 is 16.9 Å². The molecule has 1 amide bonds. The van der Waals surface area contributed by atoms with Crippen LogP contribution in [0.5, 0.6) is 0 Å². The highest BCUT2D eigenvalue weighted by Crippen LogP contribution is 2.26. The van der Waals surface area contributed by atoms with Crippen molar-refractivity contribution in [1.82, 2.24) is 14.9 Å². The van der Waals surface area contributed by atoms with Crippen LogP contribution < -0.4 is 5.32 Å². The van der Waals surface area contributed by atoms with E-state index in [0.717, 1.165) is 27.9 Å². The maximum absolute atomic E-state index is 13.1. The van der Waals surface area contributed by atoms with Crippen LogP contribution in [0.25, 0.3) is 11.0 Å². The molecule has 1 unspecified atom stereocenters. The van der Waals surface area contributed by atoms with Crippen molar-refractivity contribution in [1.29, 1.82) is 0 Å². The quantitative estimate of drug-likeness (QED) is 0.410. The summed E-state index contributed by atoms with van der Waals surface area (Å²) in [5, 5.41) is 3.85. The van der Waals surface area contributed by atoms with Crippen LogP contribution in [0.2, 0.25) is 0 Å². The average molecular weight is 487 g/mol. The van der Waals surface area contributed by atoms with Crippen molar-refractivity contribution in [2.75, 3.05) is 0 Å². The molecular weight excluding hydrogens is 462 g/mol. The fourth-order valence-electron chi connectivity index (χ4n) is 4.12. The molecule has 2 aromatic heterocycles. The van der Waals surface area contributed by atoms with Crippen molar-refractivity contribution in [2.45, 2.75) is 51.2 Å². The van der Waals surface area contributed by atoms with Gasteiger partial charge in [0.2, 0.25) is 5.91 Å². The second-order valence-electron chi connectivity index (χ2n) is 8.45. The Morgan fingerprint density at radius 3 is 2.71 bits per heavy atom. The van der Waals surface area contributed by atoms with Crippen LogP contribution in [0.3, 0.4) is 0 Å². The van der Waals surface area contributed by atoms with Crippen molar-refractivity contribution in [3.63, 3.8) is 0 Å². The highest BCUT2D eigenvalue weighted by atomic mass is 19.4. The lowest BCUT2D eigenvalue weighted by Gasteiger charge is -2.19. The summed E-state index contributed by atoms with van der Waals surface area (Å²) < 4.78 is 56.6. The lowest BCUT2D eigenvalue weighted by atomic mass is 10.0. The number of aromatic nitrogens is 2. The van der Waals surface area contributed by atoms with Crippen molar-refractivity contribution in [3.05, 3.63) is 89.5 Å². The molecule has 0 saturated heterocycles. The third-order valence-corrected chi connectivity index (χ3v) is 5.86. The summed E-state index contributed by atoms with van der Waals surface area (Å²) in [5.74, 6) is -0.476. The van der Waals surface area contributed by atoms with E-state index in [1.807, 2.05) is 29.7 Å². The van der Waals surface area contributed by atoms with Crippen LogP contribution in [-0.4, -0.2) is 27.9 Å². The number of halogens is 4. The molecule has 1 aromatic carbocycles. The first-order valence-electron chi connectivity index (χ1n) is 11.3. The molecule has 0 saturated carbocycles. The van der Waals surface area contributed by atoms with Gasteiger partial charge < -0.3 is 9.88 Å². The molecule has 1 aliphatic carbocycles. The molecule has 5 nitrogen and oxygen atoms in total. The number of carbonyl (C=O) groups excluding carboxylic acids is 1. The van der Waals surface area contributed by atoms with Crippen LogP contribution in [0, 0.1) is 5.82 Å². The number of allylic oxidation sites excluding steroid dienone is 2. The Morgan fingerprint density at radius 2 is 2.03 bits per heavy atom. The number of nitrogens with zero attached hydrogens (tertiary/aromatic N) is 2. The highest BCUT2D eigenvalue weighted by molar-refractivity contribution is 5.79. The Bertz CT molecular complexity index is 1250. The molecule has 0 spiro atoms. The molecule has 0 bridgehead atoms. The van der Waals surface area contributed by atoms with Gasteiger partial charge in [0.1, 0.15) is 11.5 Å². The molecule has 9 heteroatoms. The molecule has 4 rings (SSSR count). The molecule has 1 aliphatic rings. The number of nitrogens with one attached hydrogen (secondary N) is 1. The number of ether oxygens (including phenoxy) is 1. The van der Waals surface area contributed by atoms with Gasteiger partial charge in [-0.2, -0.15) is 0 Å². The number of amides is 1. The predicted octanol–water partition coefficient (Wildman–Crippen LogP) is 5.78. The Morgan fingerprint density at radius 1 is 1.26 bits per heavy atom. The zero-order valence-corrected chi connectivity index (χ0v) is 19.1. The van der Waals surface area contributed by atoms with Gasteiger partial charge in [0.15, 0.2) is 0 Å². The number of aryl methyl sites for hydroxylation is 1. The zero-order valence-electron chi connectivity index (χ0n) is 19.1. The van der Waals surface area contributed by atoms with E-state index in [1.165, 1.54) is 18.2 Å². The maximum Gasteiger partial charge on any atom is 0.523 e. The van der Waals surface area contributed by atoms with Crippen molar-refractivity contribution in [3.8, 4) is 0 Å². The van der Waals surface area contributed by atoms with E-state index in [9.17, 15) is 22.4 Å². The van der Waals surface area contributed by atoms with Crippen LogP contribution >= 0.6 is 0 Å². The van der Waals surface area contributed by atoms with E-state index >= 15 is 0 Å². The summed E-state index contributed by atoms with van der Waals surface area (Å²) in [6, 6.07) is 11.5. The molecule has 0 fully saturated rings. The number of hydrogen-bond donors (Lipinski definition) is 1. The minimum Gasteiger partial charge on any atom is -0.350 e. The van der Waals surface area contributed by atoms with Gasteiger partial charge >= 0.3 is 6.36 Å². The molecule has 3 aromatic rings. The SMILES string of the molecule is C[C@H](NC(=O)CCc1cc2cccnc2n1CC1=CCC(OC(F)(F)F)C=C1)c1ccc(F)cc1. The smallest absolute Gasteiger partial charge is 0.350 e. The first kappa shape index (κ1) is 24.7. The van der Waals surface area contributed by atoms with Gasteiger partial charge in [0.05, 0.1) is 12.1 Å². The van der Waals surface area contributed by atoms with Gasteiger partial charge in [0.25, 0.3) is 0 Å². The standard InChI is InChI=1S/C26H25F4N3O2/c1-17(19-6-8-21(27)9-7-19)32-24(34)13-10-22-15-20-3-2-14-31-25(20)33(22)16-18-4-11-23(12-5-18)35-26(28,29)30/h2-9,11,14-15,17,23H,10,12-13,16H2,1H3,(H,32,34)/t17-,23?/m0/s1. The Labute approximate surface area is 200 Å². The number of carbonyl (C=O) groups is 1. The number of benzene rings is 1. The van der Waals surface area contributed by atoms with E-state index in [2.05, 4.69) is 15.0 Å². The van der Waals surface area contributed by atoms with Crippen LogP contribution in [0.4, 0.5) is 17.6 Å². The molecular formula is C26H25F4N3O2. The summed E-state index contributed by atoms with van der Waals surface area (Å²) >= 11 is 0. The van der Waals surface area contributed by atoms with Gasteiger partial charge in [-0.25, -0.2) is 9.37 Å². The number of hydrogen-bond acceptors (Lipinski definition) is 3. The second-order valence-corrected chi connectivity index (χ2v) is 8.45. The highest BCUT2D eigenvalue weighted by Gasteiger charge is 2.32. The Balaban J connectivity index is 1.43. The molecule has 184 valence electrons. The summed E-state index contributed by atoms with van der Waals surface area (Å²) in [4.78, 5) is 17.1. The first-order chi connectivity index (χ1) is 16.7.